The van der Waals surface area contributed by atoms with Gasteiger partial charge in [0.05, 0.1) is 5.69 Å². The third-order valence-corrected chi connectivity index (χ3v) is 1.50. The van der Waals surface area contributed by atoms with Crippen LogP contribution in [-0.4, -0.2) is 20.4 Å². The first-order chi connectivity index (χ1) is 5.79. The molecule has 2 rings (SSSR count). The highest BCUT2D eigenvalue weighted by atomic mass is 19.1. The largest absolute Gasteiger partial charge is 0.380 e. The van der Waals surface area contributed by atoms with Gasteiger partial charge >= 0.3 is 0 Å². The predicted octanol–water partition coefficient (Wildman–Crippen LogP) is 0.521. The van der Waals surface area contributed by atoms with Crippen LogP contribution in [-0.2, 0) is 0 Å². The van der Waals surface area contributed by atoms with Crippen molar-refractivity contribution < 1.29 is 4.39 Å². The molecule has 0 aromatic carbocycles. The first-order valence-electron chi connectivity index (χ1n) is 3.28. The fourth-order valence-corrected chi connectivity index (χ4v) is 0.916. The van der Waals surface area contributed by atoms with Crippen molar-refractivity contribution in [2.24, 2.45) is 0 Å². The molecule has 2 heterocycles. The molecule has 0 atom stereocenters. The van der Waals surface area contributed by atoms with E-state index in [1.807, 2.05) is 0 Å². The van der Waals surface area contributed by atoms with Crippen molar-refractivity contribution in [3.05, 3.63) is 18.1 Å². The molecule has 4 N–H and O–H groups in total. The maximum atomic E-state index is 13.1. The Labute approximate surface area is 66.8 Å². The summed E-state index contributed by atoms with van der Waals surface area (Å²) in [6.07, 6.45) is 1.52. The molecule has 0 saturated heterocycles. The maximum Gasteiger partial charge on any atom is 0.194 e. The van der Waals surface area contributed by atoms with Crippen molar-refractivity contribution in [3.63, 3.8) is 0 Å². The molecule has 0 unspecified atom stereocenters. The van der Waals surface area contributed by atoms with Crippen LogP contribution < -0.4 is 5.73 Å². The number of nitrogens with two attached hydrogens (primary N) is 1. The molecular formula is C6H6FN5. The van der Waals surface area contributed by atoms with Gasteiger partial charge < -0.3 is 5.73 Å². The number of rotatable bonds is 1. The highest BCUT2D eigenvalue weighted by Gasteiger charge is 2.12. The summed E-state index contributed by atoms with van der Waals surface area (Å²) in [6.45, 7) is 0. The van der Waals surface area contributed by atoms with Crippen LogP contribution in [0.25, 0.3) is 11.4 Å². The number of H-pyrrole nitrogens is 2. The molecule has 12 heavy (non-hydrogen) atoms. The number of aromatic amines is 2. The van der Waals surface area contributed by atoms with Gasteiger partial charge in [-0.2, -0.15) is 10.2 Å². The Kier molecular flexibility index (Phi) is 1.33. The molecular weight excluding hydrogens is 161 g/mol. The molecule has 62 valence electrons. The fraction of sp³-hybridized carbons (Fsp3) is 0. The standard InChI is InChI=1S/C6H6FN5/c7-4-5(11-12-6(4)8)3-1-2-9-10-3/h1-2H,(H,9,10)(H3,8,11,12). The SMILES string of the molecule is Nc1n[nH]c(-c2ccn[nH]2)c1F. The first kappa shape index (κ1) is 6.84. The zero-order valence-electron chi connectivity index (χ0n) is 6.00. The highest BCUT2D eigenvalue weighted by molar-refractivity contribution is 5.58. The van der Waals surface area contributed by atoms with Gasteiger partial charge in [-0.05, 0) is 6.07 Å². The van der Waals surface area contributed by atoms with Crippen LogP contribution in [0.15, 0.2) is 12.3 Å². The Morgan fingerprint density at radius 2 is 2.25 bits per heavy atom. The minimum absolute atomic E-state index is 0.139. The molecule has 0 amide bonds. The van der Waals surface area contributed by atoms with Crippen molar-refractivity contribution in [1.82, 2.24) is 20.4 Å². The summed E-state index contributed by atoms with van der Waals surface area (Å²) in [4.78, 5) is 0. The van der Waals surface area contributed by atoms with E-state index in [9.17, 15) is 4.39 Å². The number of nitrogens with zero attached hydrogens (tertiary/aromatic N) is 2. The molecule has 0 aliphatic carbocycles. The summed E-state index contributed by atoms with van der Waals surface area (Å²) in [7, 11) is 0. The van der Waals surface area contributed by atoms with E-state index in [1.165, 1.54) is 6.20 Å². The van der Waals surface area contributed by atoms with Crippen LogP contribution in [0.3, 0.4) is 0 Å². The number of hydrogen-bond acceptors (Lipinski definition) is 3. The van der Waals surface area contributed by atoms with Gasteiger partial charge in [0.1, 0.15) is 5.69 Å². The van der Waals surface area contributed by atoms with Crippen molar-refractivity contribution in [3.8, 4) is 11.4 Å². The molecule has 0 bridgehead atoms. The third-order valence-electron chi connectivity index (χ3n) is 1.50. The molecule has 0 aliphatic rings. The van der Waals surface area contributed by atoms with Gasteiger partial charge in [0.15, 0.2) is 11.6 Å². The summed E-state index contributed by atoms with van der Waals surface area (Å²) in [5, 5.41) is 12.2. The lowest BCUT2D eigenvalue weighted by atomic mass is 10.3. The van der Waals surface area contributed by atoms with E-state index in [-0.39, 0.29) is 11.5 Å². The Balaban J connectivity index is 2.55. The lowest BCUT2D eigenvalue weighted by molar-refractivity contribution is 0.636. The minimum atomic E-state index is -0.556. The van der Waals surface area contributed by atoms with E-state index >= 15 is 0 Å². The van der Waals surface area contributed by atoms with Crippen LogP contribution in [0.5, 0.6) is 0 Å². The Morgan fingerprint density at radius 3 is 2.75 bits per heavy atom. The number of anilines is 1. The summed E-state index contributed by atoms with van der Waals surface area (Å²) in [5.41, 5.74) is 5.95. The molecule has 0 aliphatic heterocycles. The smallest absolute Gasteiger partial charge is 0.194 e. The number of halogens is 1. The molecule has 5 nitrogen and oxygen atoms in total. The van der Waals surface area contributed by atoms with Crippen molar-refractivity contribution in [1.29, 1.82) is 0 Å². The van der Waals surface area contributed by atoms with E-state index in [4.69, 9.17) is 5.73 Å². The third kappa shape index (κ3) is 0.849. The molecule has 0 spiro atoms. The molecule has 0 radical (unpaired) electrons. The number of nitrogens with one attached hydrogen (secondary N) is 2. The van der Waals surface area contributed by atoms with Crippen LogP contribution in [0.4, 0.5) is 10.2 Å². The van der Waals surface area contributed by atoms with E-state index in [1.54, 1.807) is 6.07 Å². The zero-order valence-corrected chi connectivity index (χ0v) is 6.00. The summed E-state index contributed by atoms with van der Waals surface area (Å²) in [5.74, 6) is -0.696. The normalized spacial score (nSPS) is 10.4. The fourth-order valence-electron chi connectivity index (χ4n) is 0.916. The second-order valence-corrected chi connectivity index (χ2v) is 2.27. The van der Waals surface area contributed by atoms with Crippen LogP contribution in [0.1, 0.15) is 0 Å². The molecule has 6 heteroatoms. The summed E-state index contributed by atoms with van der Waals surface area (Å²) in [6, 6.07) is 1.62. The molecule has 2 aromatic heterocycles. The lowest BCUT2D eigenvalue weighted by Gasteiger charge is -1.89. The van der Waals surface area contributed by atoms with E-state index in [0.29, 0.717) is 5.69 Å². The summed E-state index contributed by atoms with van der Waals surface area (Å²) >= 11 is 0. The van der Waals surface area contributed by atoms with Crippen molar-refractivity contribution in [2.45, 2.75) is 0 Å². The zero-order chi connectivity index (χ0) is 8.55. The Bertz CT molecular complexity index is 377. The van der Waals surface area contributed by atoms with Crippen molar-refractivity contribution in [2.75, 3.05) is 5.73 Å². The van der Waals surface area contributed by atoms with Gasteiger partial charge in [0, 0.05) is 6.20 Å². The quantitative estimate of drug-likeness (QED) is 0.579. The van der Waals surface area contributed by atoms with Crippen LogP contribution in [0, 0.1) is 5.82 Å². The van der Waals surface area contributed by atoms with E-state index in [2.05, 4.69) is 20.4 Å². The van der Waals surface area contributed by atoms with Gasteiger partial charge in [0.25, 0.3) is 0 Å². The van der Waals surface area contributed by atoms with Crippen LogP contribution in [0.2, 0.25) is 0 Å². The number of nitrogen functional groups attached to an aromatic ring is 1. The topological polar surface area (TPSA) is 83.4 Å². The maximum absolute atomic E-state index is 13.1. The average molecular weight is 167 g/mol. The van der Waals surface area contributed by atoms with Gasteiger partial charge in [-0.15, -0.1) is 0 Å². The van der Waals surface area contributed by atoms with Crippen molar-refractivity contribution >= 4 is 5.82 Å². The summed E-state index contributed by atoms with van der Waals surface area (Å²) < 4.78 is 13.1. The van der Waals surface area contributed by atoms with Gasteiger partial charge in [-0.3, -0.25) is 10.2 Å². The van der Waals surface area contributed by atoms with E-state index in [0.717, 1.165) is 0 Å². The van der Waals surface area contributed by atoms with Gasteiger partial charge in [0.2, 0.25) is 0 Å². The van der Waals surface area contributed by atoms with Crippen LogP contribution >= 0.6 is 0 Å². The highest BCUT2D eigenvalue weighted by Crippen LogP contribution is 2.20. The second kappa shape index (κ2) is 2.33. The Hall–Kier alpha value is -1.85. The minimum Gasteiger partial charge on any atom is -0.380 e. The second-order valence-electron chi connectivity index (χ2n) is 2.27. The predicted molar refractivity (Wildman–Crippen MR) is 40.5 cm³/mol. The monoisotopic (exact) mass is 167 g/mol. The molecule has 0 fully saturated rings. The number of hydrogen-bond donors (Lipinski definition) is 3. The van der Waals surface area contributed by atoms with Gasteiger partial charge in [-0.1, -0.05) is 0 Å². The Morgan fingerprint density at radius 1 is 1.42 bits per heavy atom. The number of aromatic nitrogens is 4. The van der Waals surface area contributed by atoms with Gasteiger partial charge in [-0.25, -0.2) is 4.39 Å². The average Bonchev–Trinajstić information content (AvgIpc) is 2.64. The first-order valence-corrected chi connectivity index (χ1v) is 3.28. The molecule has 2 aromatic rings. The molecule has 0 saturated carbocycles. The van der Waals surface area contributed by atoms with E-state index < -0.39 is 5.82 Å². The lowest BCUT2D eigenvalue weighted by Crippen LogP contribution is -1.87.